The van der Waals surface area contributed by atoms with E-state index in [9.17, 15) is 9.90 Å². The van der Waals surface area contributed by atoms with Crippen molar-refractivity contribution in [2.45, 2.75) is 12.5 Å². The molecule has 0 aliphatic heterocycles. The molecule has 1 atom stereocenters. The van der Waals surface area contributed by atoms with Crippen LogP contribution in [-0.2, 0) is 6.42 Å². The lowest BCUT2D eigenvalue weighted by Crippen LogP contribution is -2.33. The third-order valence-corrected chi connectivity index (χ3v) is 3.51. The number of aromatic nitrogens is 1. The van der Waals surface area contributed by atoms with Gasteiger partial charge in [-0.3, -0.25) is 4.79 Å². The van der Waals surface area contributed by atoms with E-state index in [4.69, 9.17) is 11.6 Å². The molecule has 0 spiro atoms. The predicted octanol–water partition coefficient (Wildman–Crippen LogP) is 2.13. The molecule has 6 heteroatoms. The van der Waals surface area contributed by atoms with Gasteiger partial charge in [0.15, 0.2) is 0 Å². The number of carbonyl (C=O) groups is 1. The van der Waals surface area contributed by atoms with Crippen LogP contribution in [0.3, 0.4) is 0 Å². The molecule has 0 radical (unpaired) electrons. The highest BCUT2D eigenvalue weighted by Gasteiger charge is 2.12. The van der Waals surface area contributed by atoms with Gasteiger partial charge in [-0.15, -0.1) is 0 Å². The Morgan fingerprint density at radius 3 is 2.65 bits per heavy atom. The quantitative estimate of drug-likeness (QED) is 0.795. The highest BCUT2D eigenvalue weighted by Crippen LogP contribution is 2.16. The Morgan fingerprint density at radius 2 is 2.00 bits per heavy atom. The summed E-state index contributed by atoms with van der Waals surface area (Å²) in [5.74, 6) is 0.317. The first-order chi connectivity index (χ1) is 11.0. The van der Waals surface area contributed by atoms with Gasteiger partial charge in [0.25, 0.3) is 5.91 Å². The fourth-order valence-corrected chi connectivity index (χ4v) is 2.32. The van der Waals surface area contributed by atoms with E-state index in [1.54, 1.807) is 11.0 Å². The van der Waals surface area contributed by atoms with Gasteiger partial charge in [0.2, 0.25) is 0 Å². The number of aliphatic hydroxyl groups is 1. The molecule has 1 aromatic heterocycles. The van der Waals surface area contributed by atoms with Crippen LogP contribution in [0.4, 0.5) is 5.82 Å². The Morgan fingerprint density at radius 1 is 1.30 bits per heavy atom. The number of pyridine rings is 1. The van der Waals surface area contributed by atoms with E-state index >= 15 is 0 Å². The van der Waals surface area contributed by atoms with Crippen LogP contribution >= 0.6 is 11.6 Å². The SMILES string of the molecule is CN(C)c1cc(C(=O)NCC(O)Cc2ccccc2)cc(Cl)n1. The Balaban J connectivity index is 1.94. The lowest BCUT2D eigenvalue weighted by Gasteiger charge is -2.14. The van der Waals surface area contributed by atoms with Crippen molar-refractivity contribution in [3.05, 3.63) is 58.7 Å². The second kappa shape index (κ2) is 7.94. The molecule has 2 aromatic rings. The van der Waals surface area contributed by atoms with Crippen molar-refractivity contribution in [2.75, 3.05) is 25.5 Å². The first-order valence-corrected chi connectivity index (χ1v) is 7.68. The van der Waals surface area contributed by atoms with Crippen molar-refractivity contribution in [3.63, 3.8) is 0 Å². The molecule has 2 rings (SSSR count). The summed E-state index contributed by atoms with van der Waals surface area (Å²) in [4.78, 5) is 18.1. The molecule has 1 aromatic carbocycles. The zero-order valence-electron chi connectivity index (χ0n) is 13.2. The largest absolute Gasteiger partial charge is 0.391 e. The molecule has 5 nitrogen and oxygen atoms in total. The van der Waals surface area contributed by atoms with Crippen LogP contribution in [-0.4, -0.2) is 42.7 Å². The normalized spacial score (nSPS) is 11.8. The molecule has 0 fully saturated rings. The number of rotatable bonds is 6. The van der Waals surface area contributed by atoms with E-state index in [1.807, 2.05) is 44.4 Å². The summed E-state index contributed by atoms with van der Waals surface area (Å²) in [5.41, 5.74) is 1.44. The second-order valence-electron chi connectivity index (χ2n) is 5.48. The van der Waals surface area contributed by atoms with Crippen molar-refractivity contribution in [3.8, 4) is 0 Å². The van der Waals surface area contributed by atoms with Crippen molar-refractivity contribution in [1.29, 1.82) is 0 Å². The Labute approximate surface area is 140 Å². The molecule has 23 heavy (non-hydrogen) atoms. The van der Waals surface area contributed by atoms with Crippen LogP contribution in [0.5, 0.6) is 0 Å². The van der Waals surface area contributed by atoms with E-state index in [1.165, 1.54) is 6.07 Å². The average Bonchev–Trinajstić information content (AvgIpc) is 2.53. The lowest BCUT2D eigenvalue weighted by molar-refractivity contribution is 0.0916. The van der Waals surface area contributed by atoms with E-state index < -0.39 is 6.10 Å². The number of nitrogens with zero attached hydrogens (tertiary/aromatic N) is 2. The van der Waals surface area contributed by atoms with E-state index in [0.717, 1.165) is 5.56 Å². The third kappa shape index (κ3) is 5.23. The number of aliphatic hydroxyl groups excluding tert-OH is 1. The summed E-state index contributed by atoms with van der Waals surface area (Å²) >= 11 is 5.94. The molecule has 1 heterocycles. The topological polar surface area (TPSA) is 65.5 Å². The number of halogens is 1. The van der Waals surface area contributed by atoms with Gasteiger partial charge in [-0.25, -0.2) is 4.98 Å². The molecule has 0 aliphatic carbocycles. The third-order valence-electron chi connectivity index (χ3n) is 3.31. The minimum Gasteiger partial charge on any atom is -0.391 e. The summed E-state index contributed by atoms with van der Waals surface area (Å²) in [6.07, 6.45) is -0.159. The van der Waals surface area contributed by atoms with Crippen molar-refractivity contribution in [1.82, 2.24) is 10.3 Å². The maximum atomic E-state index is 12.2. The van der Waals surface area contributed by atoms with E-state index in [0.29, 0.717) is 17.8 Å². The molecule has 122 valence electrons. The molecule has 0 saturated carbocycles. The summed E-state index contributed by atoms with van der Waals surface area (Å²) in [6.45, 7) is 0.172. The first kappa shape index (κ1) is 17.2. The number of amides is 1. The van der Waals surface area contributed by atoms with Crippen LogP contribution in [0.2, 0.25) is 5.15 Å². The van der Waals surface area contributed by atoms with Gasteiger partial charge >= 0.3 is 0 Å². The Hall–Kier alpha value is -2.11. The van der Waals surface area contributed by atoms with Crippen LogP contribution in [0, 0.1) is 0 Å². The highest BCUT2D eigenvalue weighted by atomic mass is 35.5. The fraction of sp³-hybridized carbons (Fsp3) is 0.294. The average molecular weight is 334 g/mol. The molecule has 1 unspecified atom stereocenters. The zero-order valence-corrected chi connectivity index (χ0v) is 13.9. The fourth-order valence-electron chi connectivity index (χ4n) is 2.11. The van der Waals surface area contributed by atoms with Crippen molar-refractivity contribution in [2.24, 2.45) is 0 Å². The minimum absolute atomic E-state index is 0.172. The number of nitrogens with one attached hydrogen (secondary N) is 1. The van der Waals surface area contributed by atoms with Crippen LogP contribution < -0.4 is 10.2 Å². The summed E-state index contributed by atoms with van der Waals surface area (Å²) in [6, 6.07) is 12.8. The minimum atomic E-state index is -0.646. The molecule has 0 saturated heterocycles. The maximum absolute atomic E-state index is 12.2. The smallest absolute Gasteiger partial charge is 0.251 e. The predicted molar refractivity (Wildman–Crippen MR) is 92.1 cm³/mol. The van der Waals surface area contributed by atoms with Gasteiger partial charge < -0.3 is 15.3 Å². The summed E-state index contributed by atoms with van der Waals surface area (Å²) in [5, 5.41) is 13.0. The highest BCUT2D eigenvalue weighted by molar-refractivity contribution is 6.29. The maximum Gasteiger partial charge on any atom is 0.251 e. The first-order valence-electron chi connectivity index (χ1n) is 7.31. The van der Waals surface area contributed by atoms with Gasteiger partial charge in [-0.05, 0) is 17.7 Å². The summed E-state index contributed by atoms with van der Waals surface area (Å²) < 4.78 is 0. The molecule has 0 aliphatic rings. The monoisotopic (exact) mass is 333 g/mol. The second-order valence-corrected chi connectivity index (χ2v) is 5.87. The van der Waals surface area contributed by atoms with Crippen LogP contribution in [0.1, 0.15) is 15.9 Å². The van der Waals surface area contributed by atoms with Crippen molar-refractivity contribution < 1.29 is 9.90 Å². The van der Waals surface area contributed by atoms with Gasteiger partial charge in [-0.1, -0.05) is 41.9 Å². The molecule has 1 amide bonds. The zero-order chi connectivity index (χ0) is 16.8. The number of hydrogen-bond donors (Lipinski definition) is 2. The molecular weight excluding hydrogens is 314 g/mol. The van der Waals surface area contributed by atoms with Crippen LogP contribution in [0.25, 0.3) is 0 Å². The Bertz CT molecular complexity index is 662. The molecule has 2 N–H and O–H groups in total. The van der Waals surface area contributed by atoms with E-state index in [2.05, 4.69) is 10.3 Å². The molecule has 0 bridgehead atoms. The van der Waals surface area contributed by atoms with Gasteiger partial charge in [0, 0.05) is 32.6 Å². The van der Waals surface area contributed by atoms with Gasteiger partial charge in [-0.2, -0.15) is 0 Å². The van der Waals surface area contributed by atoms with Crippen LogP contribution in [0.15, 0.2) is 42.5 Å². The van der Waals surface area contributed by atoms with Gasteiger partial charge in [0.1, 0.15) is 11.0 Å². The summed E-state index contributed by atoms with van der Waals surface area (Å²) in [7, 11) is 3.65. The van der Waals surface area contributed by atoms with E-state index in [-0.39, 0.29) is 17.6 Å². The lowest BCUT2D eigenvalue weighted by atomic mass is 10.1. The number of carbonyl (C=O) groups excluding carboxylic acids is 1. The van der Waals surface area contributed by atoms with Crippen molar-refractivity contribution >= 4 is 23.3 Å². The van der Waals surface area contributed by atoms with Gasteiger partial charge in [0.05, 0.1) is 6.10 Å². The number of anilines is 1. The molecular formula is C17H20ClN3O2. The standard InChI is InChI=1S/C17H20ClN3O2/c1-21(2)16-10-13(9-15(18)20-16)17(23)19-11-14(22)8-12-6-4-3-5-7-12/h3-7,9-10,14,22H,8,11H2,1-2H3,(H,19,23). The Kier molecular flexibility index (Phi) is 5.96. The number of benzene rings is 1. The number of hydrogen-bond acceptors (Lipinski definition) is 4.